The van der Waals surface area contributed by atoms with E-state index in [2.05, 4.69) is 19.9 Å². The van der Waals surface area contributed by atoms with Crippen LogP contribution in [0.4, 0.5) is 0 Å². The molecular weight excluding hydrogens is 276 g/mol. The van der Waals surface area contributed by atoms with Gasteiger partial charge in [-0.25, -0.2) is 4.98 Å². The monoisotopic (exact) mass is 292 g/mol. The number of ether oxygens (including phenoxy) is 1. The molecule has 106 valence electrons. The van der Waals surface area contributed by atoms with Crippen LogP contribution < -0.4 is 5.56 Å². The number of aryl methyl sites for hydroxylation is 1. The number of aromatic nitrogens is 3. The lowest BCUT2D eigenvalue weighted by molar-refractivity contribution is -0.0348. The summed E-state index contributed by atoms with van der Waals surface area (Å²) in [5.41, 5.74) is 2.42. The molecule has 20 heavy (non-hydrogen) atoms. The van der Waals surface area contributed by atoms with Gasteiger partial charge in [-0.2, -0.15) is 0 Å². The quantitative estimate of drug-likeness (QED) is 0.917. The molecule has 1 saturated heterocycles. The van der Waals surface area contributed by atoms with E-state index in [1.165, 1.54) is 10.9 Å². The smallest absolute Gasteiger partial charge is 0.251 e. The Morgan fingerprint density at radius 2 is 2.50 bits per heavy atom. The van der Waals surface area contributed by atoms with Crippen molar-refractivity contribution >= 4 is 11.3 Å². The second kappa shape index (κ2) is 5.82. The maximum Gasteiger partial charge on any atom is 0.251 e. The lowest BCUT2D eigenvalue weighted by Gasteiger charge is -2.32. The minimum absolute atomic E-state index is 0.129. The summed E-state index contributed by atoms with van der Waals surface area (Å²) in [6.45, 7) is 4.93. The van der Waals surface area contributed by atoms with Crippen molar-refractivity contribution in [1.29, 1.82) is 0 Å². The third kappa shape index (κ3) is 3.12. The van der Waals surface area contributed by atoms with Crippen LogP contribution in [-0.2, 0) is 11.3 Å². The minimum atomic E-state index is -0.141. The van der Waals surface area contributed by atoms with E-state index in [0.717, 1.165) is 19.6 Å². The number of morpholine rings is 1. The van der Waals surface area contributed by atoms with Gasteiger partial charge in [-0.15, -0.1) is 11.3 Å². The Kier molecular flexibility index (Phi) is 3.90. The summed E-state index contributed by atoms with van der Waals surface area (Å²) in [5.74, 6) is 0.621. The van der Waals surface area contributed by atoms with Crippen molar-refractivity contribution in [3.8, 4) is 0 Å². The third-order valence-electron chi connectivity index (χ3n) is 3.22. The zero-order chi connectivity index (χ0) is 13.9. The highest BCUT2D eigenvalue weighted by Gasteiger charge is 2.23. The largest absolute Gasteiger partial charge is 0.369 e. The van der Waals surface area contributed by atoms with Crippen molar-refractivity contribution in [2.24, 2.45) is 0 Å². The highest BCUT2D eigenvalue weighted by molar-refractivity contribution is 7.09. The fourth-order valence-electron chi connectivity index (χ4n) is 2.33. The molecule has 0 unspecified atom stereocenters. The van der Waals surface area contributed by atoms with E-state index in [1.807, 2.05) is 11.7 Å². The first-order valence-corrected chi connectivity index (χ1v) is 7.38. The number of aromatic amines is 1. The molecular formula is C13H16N4O2S. The summed E-state index contributed by atoms with van der Waals surface area (Å²) in [6.07, 6.45) is 1.75. The van der Waals surface area contributed by atoms with Crippen LogP contribution in [0.25, 0.3) is 0 Å². The predicted octanol–water partition coefficient (Wildman–Crippen LogP) is 1.11. The van der Waals surface area contributed by atoms with E-state index in [1.54, 1.807) is 18.3 Å². The van der Waals surface area contributed by atoms with Gasteiger partial charge in [0, 0.05) is 36.8 Å². The molecule has 0 radical (unpaired) electrons. The van der Waals surface area contributed by atoms with Crippen molar-refractivity contribution in [2.75, 3.05) is 19.7 Å². The summed E-state index contributed by atoms with van der Waals surface area (Å²) in [5, 5.41) is 0. The van der Waals surface area contributed by atoms with Crippen LogP contribution in [0.2, 0.25) is 0 Å². The van der Waals surface area contributed by atoms with Gasteiger partial charge in [-0.1, -0.05) is 0 Å². The van der Waals surface area contributed by atoms with Crippen LogP contribution in [0.5, 0.6) is 0 Å². The normalized spacial score (nSPS) is 20.1. The van der Waals surface area contributed by atoms with Gasteiger partial charge in [0.15, 0.2) is 0 Å². The van der Waals surface area contributed by atoms with Gasteiger partial charge < -0.3 is 9.72 Å². The summed E-state index contributed by atoms with van der Waals surface area (Å²) in [7, 11) is 0. The van der Waals surface area contributed by atoms with E-state index >= 15 is 0 Å². The van der Waals surface area contributed by atoms with Crippen molar-refractivity contribution < 1.29 is 4.74 Å². The fourth-order valence-corrected chi connectivity index (χ4v) is 2.97. The number of H-pyrrole nitrogens is 1. The van der Waals surface area contributed by atoms with E-state index < -0.39 is 0 Å². The lowest BCUT2D eigenvalue weighted by Crippen LogP contribution is -2.38. The Morgan fingerprint density at radius 3 is 3.25 bits per heavy atom. The SMILES string of the molecule is Cc1nc([C@H]2CN(Cc3cncs3)CCO2)cc(=O)[nH]1. The molecule has 0 bridgehead atoms. The van der Waals surface area contributed by atoms with Crippen molar-refractivity contribution in [3.63, 3.8) is 0 Å². The molecule has 7 heteroatoms. The molecule has 1 aliphatic heterocycles. The molecule has 0 saturated carbocycles. The molecule has 0 spiro atoms. The summed E-state index contributed by atoms with van der Waals surface area (Å²) in [4.78, 5) is 26.2. The highest BCUT2D eigenvalue weighted by Crippen LogP contribution is 2.21. The number of hydrogen-bond donors (Lipinski definition) is 1. The van der Waals surface area contributed by atoms with E-state index in [0.29, 0.717) is 18.1 Å². The van der Waals surface area contributed by atoms with Gasteiger partial charge in [-0.05, 0) is 6.92 Å². The molecule has 2 aromatic rings. The number of nitrogens with one attached hydrogen (secondary N) is 1. The molecule has 0 aliphatic carbocycles. The number of rotatable bonds is 3. The van der Waals surface area contributed by atoms with E-state index in [4.69, 9.17) is 4.74 Å². The highest BCUT2D eigenvalue weighted by atomic mass is 32.1. The molecule has 2 aromatic heterocycles. The first kappa shape index (κ1) is 13.4. The Bertz CT molecular complexity index is 626. The van der Waals surface area contributed by atoms with Crippen LogP contribution in [0.15, 0.2) is 22.6 Å². The maximum atomic E-state index is 11.5. The molecule has 6 nitrogen and oxygen atoms in total. The predicted molar refractivity (Wildman–Crippen MR) is 75.7 cm³/mol. The van der Waals surface area contributed by atoms with E-state index in [-0.39, 0.29) is 11.7 Å². The van der Waals surface area contributed by atoms with Crippen LogP contribution >= 0.6 is 11.3 Å². The van der Waals surface area contributed by atoms with Gasteiger partial charge in [0.25, 0.3) is 5.56 Å². The van der Waals surface area contributed by atoms with Crippen LogP contribution in [-0.4, -0.2) is 39.5 Å². The van der Waals surface area contributed by atoms with Gasteiger partial charge in [0.2, 0.25) is 0 Å². The Hall–Kier alpha value is -1.57. The maximum absolute atomic E-state index is 11.5. The molecule has 1 fully saturated rings. The van der Waals surface area contributed by atoms with Crippen LogP contribution in [0.3, 0.4) is 0 Å². The van der Waals surface area contributed by atoms with E-state index in [9.17, 15) is 4.79 Å². The summed E-state index contributed by atoms with van der Waals surface area (Å²) in [6, 6.07) is 1.52. The standard InChI is InChI=1S/C13H16N4O2S/c1-9-15-11(4-13(18)16-9)12-7-17(2-3-19-12)6-10-5-14-8-20-10/h4-5,8,12H,2-3,6-7H2,1H3,(H,15,16,18)/t12-/m1/s1. The molecule has 1 atom stereocenters. The first-order chi connectivity index (χ1) is 9.70. The minimum Gasteiger partial charge on any atom is -0.369 e. The second-order valence-corrected chi connectivity index (χ2v) is 5.79. The van der Waals surface area contributed by atoms with Gasteiger partial charge in [0.1, 0.15) is 11.9 Å². The molecule has 1 N–H and O–H groups in total. The molecule has 0 amide bonds. The Labute approximate surface area is 120 Å². The van der Waals surface area contributed by atoms with Crippen molar-refractivity contribution in [2.45, 2.75) is 19.6 Å². The fraction of sp³-hybridized carbons (Fsp3) is 0.462. The Balaban J connectivity index is 1.72. The average Bonchev–Trinajstić information content (AvgIpc) is 2.91. The van der Waals surface area contributed by atoms with Gasteiger partial charge in [0.05, 0.1) is 17.8 Å². The van der Waals surface area contributed by atoms with Gasteiger partial charge in [-0.3, -0.25) is 14.7 Å². The Morgan fingerprint density at radius 1 is 1.60 bits per heavy atom. The summed E-state index contributed by atoms with van der Waals surface area (Å²) < 4.78 is 5.75. The van der Waals surface area contributed by atoms with Gasteiger partial charge >= 0.3 is 0 Å². The molecule has 3 rings (SSSR count). The molecule has 1 aliphatic rings. The van der Waals surface area contributed by atoms with Crippen LogP contribution in [0, 0.1) is 6.92 Å². The average molecular weight is 292 g/mol. The third-order valence-corrected chi connectivity index (χ3v) is 3.99. The van der Waals surface area contributed by atoms with Crippen LogP contribution in [0.1, 0.15) is 22.5 Å². The topological polar surface area (TPSA) is 71.1 Å². The molecule has 0 aromatic carbocycles. The summed E-state index contributed by atoms with van der Waals surface area (Å²) >= 11 is 1.65. The molecule has 3 heterocycles. The second-order valence-electron chi connectivity index (χ2n) is 4.82. The van der Waals surface area contributed by atoms with Crippen molar-refractivity contribution in [3.05, 3.63) is 44.5 Å². The van der Waals surface area contributed by atoms with Crippen molar-refractivity contribution in [1.82, 2.24) is 19.9 Å². The zero-order valence-electron chi connectivity index (χ0n) is 11.2. The number of nitrogens with zero attached hydrogens (tertiary/aromatic N) is 3. The first-order valence-electron chi connectivity index (χ1n) is 6.50. The number of hydrogen-bond acceptors (Lipinski definition) is 6. The lowest BCUT2D eigenvalue weighted by atomic mass is 10.2. The zero-order valence-corrected chi connectivity index (χ0v) is 12.0. The number of thiazole rings is 1.